The highest BCUT2D eigenvalue weighted by atomic mass is 16.4. The normalized spacial score (nSPS) is 14.3. The number of carboxylic acid groups (broad SMARTS) is 1. The third-order valence-corrected chi connectivity index (χ3v) is 8.64. The lowest BCUT2D eigenvalue weighted by molar-refractivity contribution is -0.142. The third kappa shape index (κ3) is 18.5. The van der Waals surface area contributed by atoms with Crippen LogP contribution in [0.25, 0.3) is 0 Å². The Balaban J connectivity index is 2.32. The standard InChI is InChI=1S/C34H54N16O11/c1-16(35)27(54)45-19(4-6-25(36)52)28(55)49-23(10-18-12-41-15-44-18)31(58)50-24(13-51)32(59)46-20(5-7-26(37)53)29(56)48-22(9-17-11-40-14-43-17)30(57)47-21(33(60)61)3-2-8-42-34(38)39/h11-12,14-16,19-24,51H,2-10,13,35H2,1H3,(H2,36,52)(H2,37,53)(H,40,43)(H,41,44)(H,45,54)(H,46,59)(H,47,57)(H,48,56)(H,49,55)(H,50,58)(H,60,61)(H4,38,39,42)/t16-,19-,20-,21-,22-,23-,24-/m0/s1. The smallest absolute Gasteiger partial charge is 0.326 e. The summed E-state index contributed by atoms with van der Waals surface area (Å²) in [6.45, 7) is 0.367. The monoisotopic (exact) mass is 862 g/mol. The molecule has 0 fully saturated rings. The molecule has 7 atom stereocenters. The predicted octanol–water partition coefficient (Wildman–Crippen LogP) is -7.16. The van der Waals surface area contributed by atoms with Crippen molar-refractivity contribution in [3.63, 3.8) is 0 Å². The van der Waals surface area contributed by atoms with E-state index in [9.17, 15) is 53.4 Å². The number of nitrogens with two attached hydrogens (primary N) is 5. The maximum Gasteiger partial charge on any atom is 0.326 e. The summed E-state index contributed by atoms with van der Waals surface area (Å²) in [5, 5.41) is 34.2. The molecule has 20 N–H and O–H groups in total. The Hall–Kier alpha value is -7.16. The van der Waals surface area contributed by atoms with E-state index < -0.39 is 115 Å². The van der Waals surface area contributed by atoms with Crippen molar-refractivity contribution in [1.29, 1.82) is 0 Å². The Morgan fingerprint density at radius 2 is 1.02 bits per heavy atom. The van der Waals surface area contributed by atoms with Gasteiger partial charge in [-0.3, -0.25) is 43.3 Å². The highest BCUT2D eigenvalue weighted by Gasteiger charge is 2.34. The Morgan fingerprint density at radius 1 is 0.623 bits per heavy atom. The molecule has 0 radical (unpaired) electrons. The van der Waals surface area contributed by atoms with Gasteiger partial charge in [-0.25, -0.2) is 14.8 Å². The van der Waals surface area contributed by atoms with Crippen LogP contribution in [0.15, 0.2) is 30.0 Å². The van der Waals surface area contributed by atoms with E-state index >= 15 is 0 Å². The number of aliphatic hydroxyl groups is 1. The van der Waals surface area contributed by atoms with Gasteiger partial charge in [0.25, 0.3) is 0 Å². The van der Waals surface area contributed by atoms with E-state index in [4.69, 9.17) is 28.7 Å². The molecule has 2 aromatic rings. The first-order valence-electron chi connectivity index (χ1n) is 18.8. The van der Waals surface area contributed by atoms with Crippen molar-refractivity contribution < 1.29 is 53.4 Å². The van der Waals surface area contributed by atoms with Crippen LogP contribution in [0, 0.1) is 0 Å². The molecule has 0 aromatic carbocycles. The van der Waals surface area contributed by atoms with Crippen LogP contribution in [0.1, 0.15) is 56.8 Å². The van der Waals surface area contributed by atoms with Gasteiger partial charge in [0, 0.05) is 56.0 Å². The highest BCUT2D eigenvalue weighted by Crippen LogP contribution is 2.08. The van der Waals surface area contributed by atoms with Crippen molar-refractivity contribution in [1.82, 2.24) is 51.8 Å². The first-order valence-corrected chi connectivity index (χ1v) is 18.8. The number of nitrogens with one attached hydrogen (secondary N) is 8. The number of carbonyl (C=O) groups is 9. The minimum absolute atomic E-state index is 0.0690. The molecule has 0 spiro atoms. The molecule has 0 saturated heterocycles. The van der Waals surface area contributed by atoms with E-state index in [1.165, 1.54) is 32.0 Å². The van der Waals surface area contributed by atoms with Crippen molar-refractivity contribution >= 4 is 59.2 Å². The number of rotatable bonds is 28. The molecule has 336 valence electrons. The number of aromatic nitrogens is 4. The summed E-state index contributed by atoms with van der Waals surface area (Å²) < 4.78 is 0. The van der Waals surface area contributed by atoms with Gasteiger partial charge in [-0.05, 0) is 32.6 Å². The number of hydrogen-bond donors (Lipinski definition) is 15. The Bertz CT molecular complexity index is 1830. The summed E-state index contributed by atoms with van der Waals surface area (Å²) in [4.78, 5) is 132. The summed E-state index contributed by atoms with van der Waals surface area (Å²) in [6.07, 6.45) is 3.34. The molecular formula is C34H54N16O11. The topological polar surface area (TPSA) is 466 Å². The number of guanidine groups is 1. The van der Waals surface area contributed by atoms with Gasteiger partial charge < -0.3 is 80.8 Å². The van der Waals surface area contributed by atoms with Crippen LogP contribution in [0.3, 0.4) is 0 Å². The Labute approximate surface area is 348 Å². The van der Waals surface area contributed by atoms with Crippen LogP contribution < -0.4 is 60.6 Å². The first-order chi connectivity index (χ1) is 28.8. The fourth-order valence-corrected chi connectivity index (χ4v) is 5.38. The van der Waals surface area contributed by atoms with Gasteiger partial charge in [0.15, 0.2) is 5.96 Å². The number of aliphatic carboxylic acids is 1. The zero-order valence-corrected chi connectivity index (χ0v) is 33.2. The first kappa shape index (κ1) is 50.0. The SMILES string of the molecule is C[C@H](N)C(=O)N[C@@H](CCC(N)=O)C(=O)N[C@@H](Cc1cnc[nH]1)C(=O)N[C@@H](CO)C(=O)N[C@@H](CCC(N)=O)C(=O)N[C@@H](Cc1cnc[nH]1)C(=O)N[C@@H](CCCN=C(N)N)C(=O)O. The molecule has 0 aliphatic rings. The molecule has 0 bridgehead atoms. The molecule has 61 heavy (non-hydrogen) atoms. The van der Waals surface area contributed by atoms with E-state index in [0.29, 0.717) is 11.4 Å². The van der Waals surface area contributed by atoms with Crippen LogP contribution >= 0.6 is 0 Å². The van der Waals surface area contributed by atoms with E-state index in [2.05, 4.69) is 56.8 Å². The molecule has 8 amide bonds. The predicted molar refractivity (Wildman–Crippen MR) is 211 cm³/mol. The molecule has 27 heteroatoms. The molecule has 27 nitrogen and oxygen atoms in total. The number of carbonyl (C=O) groups excluding carboxylic acids is 8. The van der Waals surface area contributed by atoms with E-state index in [-0.39, 0.29) is 51.0 Å². The van der Waals surface area contributed by atoms with E-state index in [0.717, 1.165) is 0 Å². The van der Waals surface area contributed by atoms with Crippen LogP contribution in [-0.4, -0.2) is 145 Å². The van der Waals surface area contributed by atoms with Crippen molar-refractivity contribution in [2.75, 3.05) is 13.2 Å². The van der Waals surface area contributed by atoms with Gasteiger partial charge in [-0.1, -0.05) is 0 Å². The Morgan fingerprint density at radius 3 is 1.39 bits per heavy atom. The fourth-order valence-electron chi connectivity index (χ4n) is 5.38. The number of amides is 8. The minimum Gasteiger partial charge on any atom is -0.480 e. The summed E-state index contributed by atoms with van der Waals surface area (Å²) in [6, 6.07) is -10.3. The van der Waals surface area contributed by atoms with Crippen molar-refractivity contribution in [3.8, 4) is 0 Å². The number of aliphatic hydroxyl groups excluding tert-OH is 1. The highest BCUT2D eigenvalue weighted by molar-refractivity contribution is 5.97. The molecule has 0 saturated carbocycles. The Kier molecular flexibility index (Phi) is 20.8. The zero-order valence-electron chi connectivity index (χ0n) is 33.2. The van der Waals surface area contributed by atoms with Gasteiger partial charge in [0.1, 0.15) is 36.3 Å². The van der Waals surface area contributed by atoms with Crippen LogP contribution in [-0.2, 0) is 56.0 Å². The second kappa shape index (κ2) is 25.4. The second-order valence-corrected chi connectivity index (χ2v) is 13.7. The maximum atomic E-state index is 13.7. The van der Waals surface area contributed by atoms with Crippen molar-refractivity contribution in [2.24, 2.45) is 33.7 Å². The minimum atomic E-state index is -1.79. The quantitative estimate of drug-likeness (QED) is 0.0215. The lowest BCUT2D eigenvalue weighted by atomic mass is 10.1. The summed E-state index contributed by atoms with van der Waals surface area (Å²) in [7, 11) is 0. The summed E-state index contributed by atoms with van der Waals surface area (Å²) in [5.74, 6) is -9.13. The number of carboxylic acids is 1. The van der Waals surface area contributed by atoms with Gasteiger partial charge in [-0.15, -0.1) is 0 Å². The van der Waals surface area contributed by atoms with Crippen LogP contribution in [0.2, 0.25) is 0 Å². The van der Waals surface area contributed by atoms with Crippen molar-refractivity contribution in [2.45, 2.75) is 101 Å². The average Bonchev–Trinajstić information content (AvgIpc) is 3.91. The molecule has 2 heterocycles. The average molecular weight is 863 g/mol. The molecule has 0 unspecified atom stereocenters. The fraction of sp³-hybridized carbons (Fsp3) is 0.529. The van der Waals surface area contributed by atoms with Crippen molar-refractivity contribution in [3.05, 3.63) is 36.4 Å². The molecular weight excluding hydrogens is 808 g/mol. The number of aliphatic imine (C=N–C) groups is 1. The van der Waals surface area contributed by atoms with Crippen LogP contribution in [0.5, 0.6) is 0 Å². The largest absolute Gasteiger partial charge is 0.480 e. The number of hydrogen-bond acceptors (Lipinski definition) is 14. The van der Waals surface area contributed by atoms with Gasteiger partial charge >= 0.3 is 5.97 Å². The summed E-state index contributed by atoms with van der Waals surface area (Å²) in [5.41, 5.74) is 27.4. The van der Waals surface area contributed by atoms with Gasteiger partial charge in [-0.2, -0.15) is 0 Å². The lowest BCUT2D eigenvalue weighted by Gasteiger charge is -2.27. The molecule has 2 rings (SSSR count). The van der Waals surface area contributed by atoms with E-state index in [1.807, 2.05) is 0 Å². The molecule has 0 aliphatic carbocycles. The lowest BCUT2D eigenvalue weighted by Crippen LogP contribution is -2.61. The molecule has 0 aliphatic heterocycles. The zero-order chi connectivity index (χ0) is 45.6. The van der Waals surface area contributed by atoms with Gasteiger partial charge in [0.2, 0.25) is 47.3 Å². The number of nitrogens with zero attached hydrogens (tertiary/aromatic N) is 3. The number of imidazole rings is 2. The number of aromatic amines is 2. The van der Waals surface area contributed by atoms with E-state index in [1.54, 1.807) is 0 Å². The third-order valence-electron chi connectivity index (χ3n) is 8.64. The number of primary amides is 2. The van der Waals surface area contributed by atoms with Gasteiger partial charge in [0.05, 0.1) is 25.3 Å². The van der Waals surface area contributed by atoms with Crippen LogP contribution in [0.4, 0.5) is 0 Å². The molecule has 2 aromatic heterocycles. The second-order valence-electron chi connectivity index (χ2n) is 13.7. The maximum absolute atomic E-state index is 13.7. The number of H-pyrrole nitrogens is 2. The summed E-state index contributed by atoms with van der Waals surface area (Å²) >= 11 is 0.